The molecule has 0 saturated heterocycles. The molecule has 2 fully saturated rings. The van der Waals surface area contributed by atoms with Crippen molar-refractivity contribution in [3.8, 4) is 0 Å². The predicted molar refractivity (Wildman–Crippen MR) is 79.8 cm³/mol. The van der Waals surface area contributed by atoms with E-state index in [2.05, 4.69) is 10.6 Å². The summed E-state index contributed by atoms with van der Waals surface area (Å²) in [6.45, 7) is 5.01. The largest absolute Gasteiger partial charge is 0.329 e. The van der Waals surface area contributed by atoms with Crippen molar-refractivity contribution in [2.75, 3.05) is 32.7 Å². The molecule has 2 rings (SSSR count). The summed E-state index contributed by atoms with van der Waals surface area (Å²) in [6.07, 6.45) is 13.3. The van der Waals surface area contributed by atoms with Gasteiger partial charge < -0.3 is 16.4 Å². The second kappa shape index (κ2) is 14.8. The van der Waals surface area contributed by atoms with Gasteiger partial charge in [0.05, 0.1) is 0 Å². The van der Waals surface area contributed by atoms with Gasteiger partial charge in [-0.1, -0.05) is 44.9 Å². The Morgan fingerprint density at radius 2 is 1.26 bits per heavy atom. The maximum Gasteiger partial charge on any atom is 0.00772 e. The molecule has 2 aliphatic rings. The zero-order valence-electron chi connectivity index (χ0n) is 12.4. The Hall–Kier alpha value is 0.399. The normalized spacial score (nSPS) is 18.8. The molecule has 0 radical (unpaired) electrons. The summed E-state index contributed by atoms with van der Waals surface area (Å²) >= 11 is 0. The zero-order valence-corrected chi connectivity index (χ0v) is 13.5. The van der Waals surface area contributed by atoms with Gasteiger partial charge in [-0.05, 0) is 25.3 Å². The van der Waals surface area contributed by atoms with E-state index in [1.165, 1.54) is 64.3 Å². The summed E-state index contributed by atoms with van der Waals surface area (Å²) < 4.78 is 0. The number of nitrogens with one attached hydrogen (secondary N) is 2. The van der Waals surface area contributed by atoms with Crippen LogP contribution >= 0.6 is 0 Å². The molecule has 0 aromatic heterocycles. The first-order chi connectivity index (χ1) is 8.93. The van der Waals surface area contributed by atoms with E-state index in [1.807, 2.05) is 0 Å². The Kier molecular flexibility index (Phi) is 15.1. The first kappa shape index (κ1) is 19.4. The van der Waals surface area contributed by atoms with Crippen LogP contribution in [0.2, 0.25) is 0 Å². The van der Waals surface area contributed by atoms with E-state index in [9.17, 15) is 0 Å². The monoisotopic (exact) mass is 311 g/mol. The molecule has 4 N–H and O–H groups in total. The topological polar surface area (TPSA) is 50.1 Å². The van der Waals surface area contributed by atoms with Crippen LogP contribution in [0.4, 0.5) is 0 Å². The van der Waals surface area contributed by atoms with Crippen LogP contribution in [0, 0.1) is 5.92 Å². The Morgan fingerprint density at radius 1 is 0.737 bits per heavy atom. The third-order valence-corrected chi connectivity index (χ3v) is 3.96. The van der Waals surface area contributed by atoms with Crippen molar-refractivity contribution < 1.29 is 17.1 Å². The minimum absolute atomic E-state index is 0. The van der Waals surface area contributed by atoms with E-state index in [-0.39, 0.29) is 17.1 Å². The fourth-order valence-electron chi connectivity index (χ4n) is 2.81. The number of nitrogens with two attached hydrogens (primary N) is 1. The zero-order chi connectivity index (χ0) is 12.9. The van der Waals surface area contributed by atoms with E-state index >= 15 is 0 Å². The Labute approximate surface area is 130 Å². The first-order valence-electron chi connectivity index (χ1n) is 8.05. The second-order valence-corrected chi connectivity index (χ2v) is 5.66. The molecule has 2 aliphatic carbocycles. The molecule has 19 heavy (non-hydrogen) atoms. The molecule has 2 saturated carbocycles. The van der Waals surface area contributed by atoms with Crippen LogP contribution in [0.25, 0.3) is 0 Å². The average Bonchev–Trinajstić information content (AvgIpc) is 3.07. The molecule has 0 heterocycles. The van der Waals surface area contributed by atoms with Gasteiger partial charge in [0.2, 0.25) is 0 Å². The number of hydrogen-bond acceptors (Lipinski definition) is 3. The van der Waals surface area contributed by atoms with Crippen molar-refractivity contribution in [3.05, 3.63) is 0 Å². The Balaban J connectivity index is 0.000000454. The van der Waals surface area contributed by atoms with Gasteiger partial charge in [-0.25, -0.2) is 0 Å². The van der Waals surface area contributed by atoms with Crippen LogP contribution in [0.5, 0.6) is 0 Å². The van der Waals surface area contributed by atoms with Gasteiger partial charge in [0.15, 0.2) is 0 Å². The Bertz CT molecular complexity index is 161. The second-order valence-electron chi connectivity index (χ2n) is 5.66. The smallest absolute Gasteiger partial charge is 0.00772 e. The minimum Gasteiger partial charge on any atom is -0.329 e. The van der Waals surface area contributed by atoms with Crippen molar-refractivity contribution in [2.24, 2.45) is 11.7 Å². The van der Waals surface area contributed by atoms with Crippen LogP contribution in [0.15, 0.2) is 0 Å². The van der Waals surface area contributed by atoms with Crippen molar-refractivity contribution in [2.45, 2.75) is 57.8 Å². The van der Waals surface area contributed by atoms with Crippen molar-refractivity contribution in [1.82, 2.24) is 10.6 Å². The first-order valence-corrected chi connectivity index (χ1v) is 8.05. The van der Waals surface area contributed by atoms with Gasteiger partial charge in [-0.2, -0.15) is 0 Å². The van der Waals surface area contributed by atoms with E-state index in [0.29, 0.717) is 0 Å². The van der Waals surface area contributed by atoms with Crippen molar-refractivity contribution in [3.63, 3.8) is 0 Å². The quantitative estimate of drug-likeness (QED) is 0.499. The summed E-state index contributed by atoms with van der Waals surface area (Å²) in [7, 11) is 0. The summed E-state index contributed by atoms with van der Waals surface area (Å²) in [5.74, 6) is 0.953. The molecular weight excluding hydrogens is 278 g/mol. The van der Waals surface area contributed by atoms with Gasteiger partial charge in [0, 0.05) is 43.2 Å². The van der Waals surface area contributed by atoms with Gasteiger partial charge >= 0.3 is 0 Å². The van der Waals surface area contributed by atoms with E-state index < -0.39 is 0 Å². The molecule has 0 bridgehead atoms. The van der Waals surface area contributed by atoms with Crippen LogP contribution in [-0.2, 0) is 17.1 Å². The predicted octanol–water partition coefficient (Wildman–Crippen LogP) is 2.26. The number of rotatable bonds is 7. The number of hydrogen-bond donors (Lipinski definition) is 3. The van der Waals surface area contributed by atoms with E-state index in [0.717, 1.165) is 32.1 Å². The van der Waals surface area contributed by atoms with E-state index in [1.54, 1.807) is 0 Å². The summed E-state index contributed by atoms with van der Waals surface area (Å²) in [4.78, 5) is 0. The molecule has 0 amide bonds. The summed E-state index contributed by atoms with van der Waals surface area (Å²) in [6, 6.07) is 0. The average molecular weight is 311 g/mol. The molecule has 0 spiro atoms. The molecule has 116 valence electrons. The molecular formula is C15H33FeN3. The maximum atomic E-state index is 5.36. The van der Waals surface area contributed by atoms with Crippen LogP contribution in [-0.4, -0.2) is 32.7 Å². The third kappa shape index (κ3) is 11.9. The molecule has 0 aromatic rings. The SMILES string of the molecule is C1CCCC1.NCCNCCNCC1CCCC1.[Fe]. The fourth-order valence-corrected chi connectivity index (χ4v) is 2.81. The molecule has 0 atom stereocenters. The van der Waals surface area contributed by atoms with Crippen LogP contribution in [0.3, 0.4) is 0 Å². The molecule has 0 unspecified atom stereocenters. The van der Waals surface area contributed by atoms with Crippen molar-refractivity contribution in [1.29, 1.82) is 0 Å². The standard InChI is InChI=1S/C10H23N3.C5H10.Fe/c11-5-6-12-7-8-13-9-10-3-1-2-4-10;1-2-4-5-3-1;/h10,12-13H,1-9,11H2;1-5H2;. The third-order valence-electron chi connectivity index (χ3n) is 3.96. The van der Waals surface area contributed by atoms with Gasteiger partial charge in [0.1, 0.15) is 0 Å². The molecule has 0 aromatic carbocycles. The summed E-state index contributed by atoms with van der Waals surface area (Å²) in [5.41, 5.74) is 5.36. The molecule has 4 heteroatoms. The summed E-state index contributed by atoms with van der Waals surface area (Å²) in [5, 5.41) is 6.76. The van der Waals surface area contributed by atoms with Crippen LogP contribution in [0.1, 0.15) is 57.8 Å². The van der Waals surface area contributed by atoms with E-state index in [4.69, 9.17) is 5.73 Å². The minimum atomic E-state index is 0. The fraction of sp³-hybridized carbons (Fsp3) is 1.00. The maximum absolute atomic E-state index is 5.36. The Morgan fingerprint density at radius 3 is 1.79 bits per heavy atom. The van der Waals surface area contributed by atoms with Gasteiger partial charge in [-0.3, -0.25) is 0 Å². The molecule has 0 aliphatic heterocycles. The molecule has 3 nitrogen and oxygen atoms in total. The van der Waals surface area contributed by atoms with Crippen LogP contribution < -0.4 is 16.4 Å². The van der Waals surface area contributed by atoms with Gasteiger partial charge in [-0.15, -0.1) is 0 Å². The van der Waals surface area contributed by atoms with Crippen molar-refractivity contribution >= 4 is 0 Å². The van der Waals surface area contributed by atoms with Gasteiger partial charge in [0.25, 0.3) is 0 Å².